The minimum Gasteiger partial charge on any atom is -0.595 e. The van der Waals surface area contributed by atoms with Crippen molar-refractivity contribution in [1.29, 1.82) is 0 Å². The Morgan fingerprint density at radius 1 is 0.920 bits per heavy atom. The highest BCUT2D eigenvalue weighted by atomic mass is 16.8. The normalized spacial score (nSPS) is 14.9. The van der Waals surface area contributed by atoms with Crippen molar-refractivity contribution >= 4 is 28.3 Å². The molecule has 6 heteroatoms. The summed E-state index contributed by atoms with van der Waals surface area (Å²) in [4.78, 5) is 26.9. The summed E-state index contributed by atoms with van der Waals surface area (Å²) in [6, 6.07) is 17.1. The van der Waals surface area contributed by atoms with Crippen LogP contribution in [0.15, 0.2) is 60.7 Å². The van der Waals surface area contributed by atoms with Gasteiger partial charge < -0.3 is 5.21 Å². The lowest BCUT2D eigenvalue weighted by Crippen LogP contribution is -2.99. The molecule has 25 heavy (non-hydrogen) atoms. The molecule has 0 saturated heterocycles. The molecule has 3 aromatic carbocycles. The third-order valence-electron chi connectivity index (χ3n) is 4.36. The fraction of sp³-hybridized carbons (Fsp3) is 0.0526. The average molecular weight is 334 g/mol. The lowest BCUT2D eigenvalue weighted by Gasteiger charge is -2.28. The van der Waals surface area contributed by atoms with E-state index in [-0.39, 0.29) is 23.7 Å². The van der Waals surface area contributed by atoms with Crippen LogP contribution in [0.1, 0.15) is 26.3 Å². The van der Waals surface area contributed by atoms with Gasteiger partial charge in [0.2, 0.25) is 0 Å². The van der Waals surface area contributed by atoms with E-state index < -0.39 is 11.1 Å². The average Bonchev–Trinajstić information content (AvgIpc) is 2.63. The number of rotatable bonds is 3. The Hall–Kier alpha value is -3.06. The standard InChI is InChI=1S/C19H14N2O4/c22-18-15-8-4-7-13-9-14(21(24)25)10-16(17(13)15)19(23)20(18)11-12-5-2-1-3-6-12/h1-10,21,24H,11H2. The van der Waals surface area contributed by atoms with Gasteiger partial charge in [0.25, 0.3) is 11.8 Å². The fourth-order valence-electron chi connectivity index (χ4n) is 3.19. The van der Waals surface area contributed by atoms with Gasteiger partial charge in [-0.1, -0.05) is 42.5 Å². The predicted molar refractivity (Wildman–Crippen MR) is 90.4 cm³/mol. The summed E-state index contributed by atoms with van der Waals surface area (Å²) in [7, 11) is 0. The molecule has 6 nitrogen and oxygen atoms in total. The van der Waals surface area contributed by atoms with Crippen molar-refractivity contribution < 1.29 is 20.0 Å². The van der Waals surface area contributed by atoms with Crippen molar-refractivity contribution in [2.75, 3.05) is 0 Å². The van der Waals surface area contributed by atoms with Crippen LogP contribution >= 0.6 is 0 Å². The number of carbonyl (C=O) groups is 2. The first-order valence-corrected chi connectivity index (χ1v) is 7.76. The highest BCUT2D eigenvalue weighted by molar-refractivity contribution is 6.25. The van der Waals surface area contributed by atoms with Crippen molar-refractivity contribution in [2.24, 2.45) is 0 Å². The molecule has 3 aromatic rings. The Kier molecular flexibility index (Phi) is 3.58. The van der Waals surface area contributed by atoms with Gasteiger partial charge in [-0.05, 0) is 17.0 Å². The summed E-state index contributed by atoms with van der Waals surface area (Å²) in [5, 5.41) is 20.7. The summed E-state index contributed by atoms with van der Waals surface area (Å²) >= 11 is 0. The number of amides is 2. The first kappa shape index (κ1) is 15.5. The molecule has 0 aromatic heterocycles. The number of quaternary nitrogens is 1. The molecule has 1 atom stereocenters. The number of nitrogens with zero attached hydrogens (tertiary/aromatic N) is 1. The van der Waals surface area contributed by atoms with Gasteiger partial charge >= 0.3 is 0 Å². The number of hydrogen-bond donors (Lipinski definition) is 2. The van der Waals surface area contributed by atoms with Crippen molar-refractivity contribution in [3.8, 4) is 0 Å². The maximum atomic E-state index is 12.9. The van der Waals surface area contributed by atoms with E-state index in [9.17, 15) is 20.0 Å². The molecule has 124 valence electrons. The molecule has 1 aliphatic heterocycles. The molecule has 2 N–H and O–H groups in total. The van der Waals surface area contributed by atoms with E-state index in [1.54, 1.807) is 18.2 Å². The van der Waals surface area contributed by atoms with E-state index in [1.165, 1.54) is 12.1 Å². The van der Waals surface area contributed by atoms with Gasteiger partial charge in [-0.25, -0.2) is 5.21 Å². The van der Waals surface area contributed by atoms with E-state index in [0.29, 0.717) is 16.3 Å². The Balaban J connectivity index is 1.88. The monoisotopic (exact) mass is 334 g/mol. The van der Waals surface area contributed by atoms with Gasteiger partial charge in [0.15, 0.2) is 5.69 Å². The van der Waals surface area contributed by atoms with Crippen LogP contribution in [-0.2, 0) is 6.54 Å². The van der Waals surface area contributed by atoms with E-state index >= 15 is 0 Å². The fourth-order valence-corrected chi connectivity index (χ4v) is 3.19. The number of nitrogens with one attached hydrogen (secondary N) is 1. The SMILES string of the molecule is O=C1c2cccc3cc([NH+]([O-])O)cc(c23)C(=O)N1Cc1ccccc1. The van der Waals surface area contributed by atoms with E-state index in [1.807, 2.05) is 30.3 Å². The molecule has 0 spiro atoms. The molecule has 1 unspecified atom stereocenters. The minimum absolute atomic E-state index is 0.0296. The third-order valence-corrected chi connectivity index (χ3v) is 4.36. The van der Waals surface area contributed by atoms with E-state index in [2.05, 4.69) is 0 Å². The smallest absolute Gasteiger partial charge is 0.261 e. The number of benzene rings is 3. The van der Waals surface area contributed by atoms with Crippen molar-refractivity contribution in [3.63, 3.8) is 0 Å². The lowest BCUT2D eigenvalue weighted by molar-refractivity contribution is -0.991. The first-order valence-electron chi connectivity index (χ1n) is 7.76. The van der Waals surface area contributed by atoms with Crippen molar-refractivity contribution in [3.05, 3.63) is 82.6 Å². The van der Waals surface area contributed by atoms with Crippen molar-refractivity contribution in [1.82, 2.24) is 4.90 Å². The maximum absolute atomic E-state index is 12.9. The van der Waals surface area contributed by atoms with Crippen LogP contribution in [0.25, 0.3) is 10.8 Å². The summed E-state index contributed by atoms with van der Waals surface area (Å²) in [5.74, 6) is -0.837. The Morgan fingerprint density at radius 3 is 2.36 bits per heavy atom. The highest BCUT2D eigenvalue weighted by Crippen LogP contribution is 2.32. The zero-order valence-corrected chi connectivity index (χ0v) is 13.1. The van der Waals surface area contributed by atoms with Crippen molar-refractivity contribution in [2.45, 2.75) is 6.54 Å². The quantitative estimate of drug-likeness (QED) is 0.567. The van der Waals surface area contributed by atoms with Gasteiger partial charge in [0, 0.05) is 23.1 Å². The zero-order chi connectivity index (χ0) is 17.6. The zero-order valence-electron chi connectivity index (χ0n) is 13.1. The van der Waals surface area contributed by atoms with E-state index in [4.69, 9.17) is 0 Å². The Morgan fingerprint density at radius 2 is 1.64 bits per heavy atom. The van der Waals surface area contributed by atoms with Gasteiger partial charge in [0.1, 0.15) is 0 Å². The second kappa shape index (κ2) is 5.78. The number of imide groups is 1. The van der Waals surface area contributed by atoms with Crippen LogP contribution in [0.2, 0.25) is 0 Å². The molecule has 2 amide bonds. The molecule has 0 saturated carbocycles. The van der Waals surface area contributed by atoms with Gasteiger partial charge in [-0.2, -0.15) is 5.23 Å². The molecule has 0 fully saturated rings. The van der Waals surface area contributed by atoms with E-state index in [0.717, 1.165) is 10.5 Å². The first-order chi connectivity index (χ1) is 12.1. The second-order valence-electron chi connectivity index (χ2n) is 5.91. The van der Waals surface area contributed by atoms with Crippen LogP contribution in [-0.4, -0.2) is 21.9 Å². The van der Waals surface area contributed by atoms with Crippen LogP contribution in [0.4, 0.5) is 5.69 Å². The predicted octanol–water partition coefficient (Wildman–Crippen LogP) is 2.04. The van der Waals surface area contributed by atoms with Gasteiger partial charge in [-0.3, -0.25) is 14.5 Å². The molecule has 1 heterocycles. The van der Waals surface area contributed by atoms with Crippen LogP contribution in [0.5, 0.6) is 0 Å². The second-order valence-corrected chi connectivity index (χ2v) is 5.91. The van der Waals surface area contributed by atoms with Crippen LogP contribution < -0.4 is 5.23 Å². The summed E-state index contributed by atoms with van der Waals surface area (Å²) in [6.07, 6.45) is 0. The van der Waals surface area contributed by atoms with Crippen LogP contribution in [0, 0.1) is 5.21 Å². The largest absolute Gasteiger partial charge is 0.595 e. The lowest BCUT2D eigenvalue weighted by atomic mass is 9.93. The highest BCUT2D eigenvalue weighted by Gasteiger charge is 2.33. The molecule has 0 bridgehead atoms. The maximum Gasteiger partial charge on any atom is 0.261 e. The molecule has 0 aliphatic carbocycles. The molecule has 4 rings (SSSR count). The summed E-state index contributed by atoms with van der Waals surface area (Å²) in [6.45, 7) is 0.144. The topological polar surface area (TPSA) is 85.1 Å². The van der Waals surface area contributed by atoms with Crippen LogP contribution in [0.3, 0.4) is 0 Å². The summed E-state index contributed by atoms with van der Waals surface area (Å²) < 4.78 is 0. The molecular weight excluding hydrogens is 320 g/mol. The minimum atomic E-state index is -1.11. The third kappa shape index (κ3) is 2.49. The number of hydrogen-bond acceptors (Lipinski definition) is 4. The molecule has 0 radical (unpaired) electrons. The van der Waals surface area contributed by atoms with Gasteiger partial charge in [0.05, 0.1) is 12.1 Å². The molecular formula is C19H14N2O4. The Labute approximate surface area is 143 Å². The molecule has 1 aliphatic rings. The Bertz CT molecular complexity index is 999. The van der Waals surface area contributed by atoms with Gasteiger partial charge in [-0.15, -0.1) is 0 Å². The summed E-state index contributed by atoms with van der Waals surface area (Å²) in [5.41, 5.74) is 1.53. The number of carbonyl (C=O) groups excluding carboxylic acids is 2.